The molecule has 0 amide bonds. The van der Waals surface area contributed by atoms with Gasteiger partial charge in [-0.25, -0.2) is 0 Å². The van der Waals surface area contributed by atoms with Gasteiger partial charge in [-0.3, -0.25) is 4.68 Å². The van der Waals surface area contributed by atoms with Crippen LogP contribution in [0.5, 0.6) is 0 Å². The molecule has 0 saturated heterocycles. The van der Waals surface area contributed by atoms with E-state index in [1.807, 2.05) is 17.9 Å². The number of aryl methyl sites for hydroxylation is 1. The second-order valence-electron chi connectivity index (χ2n) is 6.64. The Hall–Kier alpha value is -0.830. The van der Waals surface area contributed by atoms with Gasteiger partial charge in [0.1, 0.15) is 0 Å². The van der Waals surface area contributed by atoms with E-state index in [0.29, 0.717) is 11.5 Å². The molecule has 1 aromatic rings. The van der Waals surface area contributed by atoms with Crippen molar-refractivity contribution in [1.29, 1.82) is 0 Å². The molecule has 1 aromatic heterocycles. The molecule has 1 fully saturated rings. The number of nitrogens with zero attached hydrogens (tertiary/aromatic N) is 2. The Kier molecular flexibility index (Phi) is 4.10. The van der Waals surface area contributed by atoms with E-state index in [9.17, 15) is 0 Å². The van der Waals surface area contributed by atoms with E-state index in [4.69, 9.17) is 0 Å². The molecule has 2 atom stereocenters. The zero-order valence-corrected chi connectivity index (χ0v) is 12.2. The Balaban J connectivity index is 1.76. The number of aromatic nitrogens is 2. The van der Waals surface area contributed by atoms with Crippen LogP contribution in [0.1, 0.15) is 45.7 Å². The Morgan fingerprint density at radius 1 is 1.50 bits per heavy atom. The van der Waals surface area contributed by atoms with Crippen LogP contribution in [-0.4, -0.2) is 22.4 Å². The third-order valence-corrected chi connectivity index (χ3v) is 4.40. The van der Waals surface area contributed by atoms with Crippen molar-refractivity contribution in [1.82, 2.24) is 15.1 Å². The van der Waals surface area contributed by atoms with Crippen LogP contribution in [0, 0.1) is 11.3 Å². The fourth-order valence-corrected chi connectivity index (χ4v) is 3.28. The zero-order chi connectivity index (χ0) is 13.2. The quantitative estimate of drug-likeness (QED) is 0.889. The lowest BCUT2D eigenvalue weighted by Gasteiger charge is -2.39. The second kappa shape index (κ2) is 5.43. The summed E-state index contributed by atoms with van der Waals surface area (Å²) in [5.74, 6) is 0.792. The van der Waals surface area contributed by atoms with Gasteiger partial charge in [0.25, 0.3) is 0 Å². The number of nitrogens with one attached hydrogen (secondary N) is 1. The number of hydrogen-bond donors (Lipinski definition) is 1. The van der Waals surface area contributed by atoms with Crippen molar-refractivity contribution in [3.63, 3.8) is 0 Å². The number of rotatable bonds is 4. The van der Waals surface area contributed by atoms with Crippen LogP contribution >= 0.6 is 0 Å². The van der Waals surface area contributed by atoms with Gasteiger partial charge in [-0.15, -0.1) is 0 Å². The van der Waals surface area contributed by atoms with Crippen molar-refractivity contribution in [3.05, 3.63) is 18.0 Å². The molecule has 3 nitrogen and oxygen atoms in total. The molecule has 1 aliphatic rings. The van der Waals surface area contributed by atoms with E-state index >= 15 is 0 Å². The standard InChI is InChI=1S/C15H27N3/c1-12-11-15(2,3)8-5-14(12)16-9-6-13-7-10-17-18(13)4/h7,10,12,14,16H,5-6,8-9,11H2,1-4H3. The largest absolute Gasteiger partial charge is 0.313 e. The van der Waals surface area contributed by atoms with Crippen LogP contribution in [-0.2, 0) is 13.5 Å². The maximum Gasteiger partial charge on any atom is 0.0492 e. The highest BCUT2D eigenvalue weighted by atomic mass is 15.3. The average molecular weight is 249 g/mol. The smallest absolute Gasteiger partial charge is 0.0492 e. The van der Waals surface area contributed by atoms with E-state index in [1.165, 1.54) is 25.0 Å². The zero-order valence-electron chi connectivity index (χ0n) is 12.2. The van der Waals surface area contributed by atoms with Crippen molar-refractivity contribution >= 4 is 0 Å². The maximum atomic E-state index is 4.20. The first-order chi connectivity index (χ1) is 8.48. The molecule has 0 bridgehead atoms. The van der Waals surface area contributed by atoms with E-state index in [1.54, 1.807) is 0 Å². The van der Waals surface area contributed by atoms with Crippen molar-refractivity contribution in [2.24, 2.45) is 18.4 Å². The lowest BCUT2D eigenvalue weighted by Crippen LogP contribution is -2.42. The summed E-state index contributed by atoms with van der Waals surface area (Å²) in [6.07, 6.45) is 6.96. The van der Waals surface area contributed by atoms with Gasteiger partial charge in [0.2, 0.25) is 0 Å². The first-order valence-electron chi connectivity index (χ1n) is 7.18. The average Bonchev–Trinajstić information content (AvgIpc) is 2.67. The number of hydrogen-bond acceptors (Lipinski definition) is 2. The van der Waals surface area contributed by atoms with Gasteiger partial charge >= 0.3 is 0 Å². The summed E-state index contributed by atoms with van der Waals surface area (Å²) in [5, 5.41) is 7.94. The van der Waals surface area contributed by atoms with Gasteiger partial charge in [0.15, 0.2) is 0 Å². The lowest BCUT2D eigenvalue weighted by atomic mass is 9.70. The van der Waals surface area contributed by atoms with E-state index < -0.39 is 0 Å². The predicted molar refractivity (Wildman–Crippen MR) is 75.5 cm³/mol. The first-order valence-corrected chi connectivity index (χ1v) is 7.18. The fraction of sp³-hybridized carbons (Fsp3) is 0.800. The van der Waals surface area contributed by atoms with Crippen molar-refractivity contribution in [3.8, 4) is 0 Å². The highest BCUT2D eigenvalue weighted by molar-refractivity contribution is 5.00. The highest BCUT2D eigenvalue weighted by Crippen LogP contribution is 2.38. The van der Waals surface area contributed by atoms with Crippen LogP contribution in [0.4, 0.5) is 0 Å². The summed E-state index contributed by atoms with van der Waals surface area (Å²) in [4.78, 5) is 0. The van der Waals surface area contributed by atoms with Gasteiger partial charge in [-0.05, 0) is 36.7 Å². The van der Waals surface area contributed by atoms with Crippen LogP contribution in [0.2, 0.25) is 0 Å². The normalized spacial score (nSPS) is 27.3. The summed E-state index contributed by atoms with van der Waals surface area (Å²) < 4.78 is 1.97. The minimum Gasteiger partial charge on any atom is -0.313 e. The molecule has 0 aromatic carbocycles. The lowest BCUT2D eigenvalue weighted by molar-refractivity contribution is 0.149. The summed E-state index contributed by atoms with van der Waals surface area (Å²) in [5.41, 5.74) is 1.85. The van der Waals surface area contributed by atoms with Gasteiger partial charge < -0.3 is 5.32 Å². The Labute approximate surface area is 111 Å². The van der Waals surface area contributed by atoms with Crippen LogP contribution in [0.3, 0.4) is 0 Å². The van der Waals surface area contributed by atoms with Gasteiger partial charge in [-0.1, -0.05) is 20.8 Å². The predicted octanol–water partition coefficient (Wildman–Crippen LogP) is 2.77. The van der Waals surface area contributed by atoms with Gasteiger partial charge in [0, 0.05) is 37.9 Å². The maximum absolute atomic E-state index is 4.20. The SMILES string of the molecule is CC1CC(C)(C)CCC1NCCc1ccnn1C. The Morgan fingerprint density at radius 3 is 2.89 bits per heavy atom. The molecule has 18 heavy (non-hydrogen) atoms. The molecular weight excluding hydrogens is 222 g/mol. The second-order valence-corrected chi connectivity index (χ2v) is 6.64. The van der Waals surface area contributed by atoms with Crippen molar-refractivity contribution < 1.29 is 0 Å². The summed E-state index contributed by atoms with van der Waals surface area (Å²) >= 11 is 0. The van der Waals surface area contributed by atoms with Crippen LogP contribution in [0.25, 0.3) is 0 Å². The first kappa shape index (κ1) is 13.6. The van der Waals surface area contributed by atoms with Gasteiger partial charge in [-0.2, -0.15) is 5.10 Å². The van der Waals surface area contributed by atoms with E-state index in [-0.39, 0.29) is 0 Å². The van der Waals surface area contributed by atoms with E-state index in [0.717, 1.165) is 18.9 Å². The minimum atomic E-state index is 0.541. The third kappa shape index (κ3) is 3.35. The molecule has 1 heterocycles. The molecule has 1 N–H and O–H groups in total. The minimum absolute atomic E-state index is 0.541. The summed E-state index contributed by atoms with van der Waals surface area (Å²) in [6.45, 7) is 8.25. The summed E-state index contributed by atoms with van der Waals surface area (Å²) in [7, 11) is 2.01. The third-order valence-electron chi connectivity index (χ3n) is 4.40. The van der Waals surface area contributed by atoms with E-state index in [2.05, 4.69) is 37.3 Å². The molecule has 2 rings (SSSR count). The molecule has 0 spiro atoms. The molecule has 3 heteroatoms. The van der Waals surface area contributed by atoms with Crippen LogP contribution < -0.4 is 5.32 Å². The monoisotopic (exact) mass is 249 g/mol. The fourth-order valence-electron chi connectivity index (χ4n) is 3.28. The van der Waals surface area contributed by atoms with Crippen molar-refractivity contribution in [2.75, 3.05) is 6.54 Å². The molecule has 102 valence electrons. The molecule has 1 saturated carbocycles. The summed E-state index contributed by atoms with van der Waals surface area (Å²) in [6, 6.07) is 2.81. The van der Waals surface area contributed by atoms with Crippen molar-refractivity contribution in [2.45, 2.75) is 52.5 Å². The highest BCUT2D eigenvalue weighted by Gasteiger charge is 2.31. The molecule has 0 radical (unpaired) electrons. The van der Waals surface area contributed by atoms with Gasteiger partial charge in [0.05, 0.1) is 0 Å². The molecule has 1 aliphatic carbocycles. The topological polar surface area (TPSA) is 29.9 Å². The Bertz CT molecular complexity index is 381. The molecule has 2 unspecified atom stereocenters. The molecule has 0 aliphatic heterocycles. The van der Waals surface area contributed by atoms with Crippen LogP contribution in [0.15, 0.2) is 12.3 Å². The molecular formula is C15H27N3. The Morgan fingerprint density at radius 2 is 2.28 bits per heavy atom.